The Hall–Kier alpha value is -2.53. The third-order valence-electron chi connectivity index (χ3n) is 3.15. The highest BCUT2D eigenvalue weighted by atomic mass is 35.5. The lowest BCUT2D eigenvalue weighted by Crippen LogP contribution is -2.16. The quantitative estimate of drug-likeness (QED) is 0.539. The number of halogens is 1. The average Bonchev–Trinajstić information content (AvgIpc) is 2.60. The van der Waals surface area contributed by atoms with Crippen LogP contribution in [0.5, 0.6) is 11.5 Å². The van der Waals surface area contributed by atoms with E-state index in [0.29, 0.717) is 16.3 Å². The molecule has 2 rings (SSSR count). The van der Waals surface area contributed by atoms with Gasteiger partial charge in [-0.25, -0.2) is 0 Å². The van der Waals surface area contributed by atoms with E-state index >= 15 is 0 Å². The van der Waals surface area contributed by atoms with E-state index in [1.165, 1.54) is 6.07 Å². The first kappa shape index (κ1) is 17.8. The van der Waals surface area contributed by atoms with Crippen molar-refractivity contribution in [1.29, 1.82) is 0 Å². The molecule has 0 bridgehead atoms. The molecule has 5 nitrogen and oxygen atoms in total. The fraction of sp³-hybridized carbons (Fsp3) is 0.222. The van der Waals surface area contributed by atoms with E-state index in [0.717, 1.165) is 5.75 Å². The Bertz CT molecular complexity index is 697. The molecule has 0 spiro atoms. The minimum absolute atomic E-state index is 0.0505. The monoisotopic (exact) mass is 348 g/mol. The standard InChI is InChI=1S/C18H17ClO5/c1-22-15-5-7-16(8-6-15)23-10-9-18(21)24-12-17(20)13-3-2-4-14(19)11-13/h2-8,11H,9-10,12H2,1H3. The minimum Gasteiger partial charge on any atom is -0.497 e. The molecule has 0 amide bonds. The van der Waals surface area contributed by atoms with Gasteiger partial charge in [-0.2, -0.15) is 0 Å². The number of carbonyl (C=O) groups is 2. The molecule has 0 N–H and O–H groups in total. The second kappa shape index (κ2) is 8.93. The van der Waals surface area contributed by atoms with Crippen molar-refractivity contribution in [3.05, 3.63) is 59.1 Å². The van der Waals surface area contributed by atoms with E-state index in [1.54, 1.807) is 49.6 Å². The SMILES string of the molecule is COc1ccc(OCCC(=O)OCC(=O)c2cccc(Cl)c2)cc1. The van der Waals surface area contributed by atoms with Gasteiger partial charge in [-0.15, -0.1) is 0 Å². The van der Waals surface area contributed by atoms with Crippen molar-refractivity contribution < 1.29 is 23.8 Å². The molecule has 0 heterocycles. The van der Waals surface area contributed by atoms with Crippen LogP contribution in [0.1, 0.15) is 16.8 Å². The van der Waals surface area contributed by atoms with Crippen molar-refractivity contribution in [1.82, 2.24) is 0 Å². The van der Waals surface area contributed by atoms with E-state index in [-0.39, 0.29) is 25.4 Å². The topological polar surface area (TPSA) is 61.8 Å². The van der Waals surface area contributed by atoms with Crippen LogP contribution in [-0.4, -0.2) is 32.1 Å². The molecule has 126 valence electrons. The molecule has 0 saturated heterocycles. The van der Waals surface area contributed by atoms with Crippen LogP contribution in [-0.2, 0) is 9.53 Å². The number of carbonyl (C=O) groups excluding carboxylic acids is 2. The van der Waals surface area contributed by atoms with Crippen molar-refractivity contribution in [3.8, 4) is 11.5 Å². The molecule has 6 heteroatoms. The van der Waals surface area contributed by atoms with Gasteiger partial charge in [-0.05, 0) is 36.4 Å². The molecule has 0 radical (unpaired) electrons. The summed E-state index contributed by atoms with van der Waals surface area (Å²) in [5.41, 5.74) is 0.407. The van der Waals surface area contributed by atoms with Gasteiger partial charge < -0.3 is 14.2 Å². The maximum absolute atomic E-state index is 11.9. The lowest BCUT2D eigenvalue weighted by atomic mass is 10.1. The molecule has 0 fully saturated rings. The van der Waals surface area contributed by atoms with Gasteiger partial charge >= 0.3 is 5.97 Å². The van der Waals surface area contributed by atoms with Crippen LogP contribution in [0, 0.1) is 0 Å². The predicted molar refractivity (Wildman–Crippen MR) is 89.8 cm³/mol. The summed E-state index contributed by atoms with van der Waals surface area (Å²) < 4.78 is 15.4. The van der Waals surface area contributed by atoms with Crippen molar-refractivity contribution >= 4 is 23.4 Å². The van der Waals surface area contributed by atoms with Crippen molar-refractivity contribution in [2.75, 3.05) is 20.3 Å². The number of esters is 1. The molecule has 24 heavy (non-hydrogen) atoms. The Morgan fingerprint density at radius 3 is 2.42 bits per heavy atom. The predicted octanol–water partition coefficient (Wildman–Crippen LogP) is 3.54. The number of ketones is 1. The summed E-state index contributed by atoms with van der Waals surface area (Å²) in [6.07, 6.45) is 0.0505. The van der Waals surface area contributed by atoms with E-state index in [2.05, 4.69) is 0 Å². The summed E-state index contributed by atoms with van der Waals surface area (Å²) in [5, 5.41) is 0.458. The van der Waals surface area contributed by atoms with Crippen LogP contribution in [0.4, 0.5) is 0 Å². The zero-order chi connectivity index (χ0) is 17.4. The van der Waals surface area contributed by atoms with Crippen LogP contribution < -0.4 is 9.47 Å². The molecule has 0 aliphatic rings. The second-order valence-corrected chi connectivity index (χ2v) is 5.30. The molecule has 0 atom stereocenters. The van der Waals surface area contributed by atoms with E-state index < -0.39 is 5.97 Å². The molecule has 2 aromatic carbocycles. The molecule has 2 aromatic rings. The Morgan fingerprint density at radius 1 is 1.04 bits per heavy atom. The normalized spacial score (nSPS) is 10.1. The van der Waals surface area contributed by atoms with Gasteiger partial charge in [-0.1, -0.05) is 23.7 Å². The maximum atomic E-state index is 11.9. The van der Waals surface area contributed by atoms with Gasteiger partial charge in [0.15, 0.2) is 12.4 Å². The smallest absolute Gasteiger partial charge is 0.309 e. The van der Waals surface area contributed by atoms with Crippen LogP contribution in [0.25, 0.3) is 0 Å². The van der Waals surface area contributed by atoms with Crippen LogP contribution in [0.2, 0.25) is 5.02 Å². The van der Waals surface area contributed by atoms with Gasteiger partial charge in [0.25, 0.3) is 0 Å². The van der Waals surface area contributed by atoms with Crippen LogP contribution >= 0.6 is 11.6 Å². The summed E-state index contributed by atoms with van der Waals surface area (Å²) in [6, 6.07) is 13.5. The Labute approximate surface area is 145 Å². The van der Waals surface area contributed by atoms with Gasteiger partial charge in [0.05, 0.1) is 20.1 Å². The van der Waals surface area contributed by atoms with Crippen molar-refractivity contribution in [2.24, 2.45) is 0 Å². The van der Waals surface area contributed by atoms with Gasteiger partial charge in [-0.3, -0.25) is 9.59 Å². The lowest BCUT2D eigenvalue weighted by Gasteiger charge is -2.07. The van der Waals surface area contributed by atoms with Crippen molar-refractivity contribution in [3.63, 3.8) is 0 Å². The summed E-state index contributed by atoms with van der Waals surface area (Å²) in [4.78, 5) is 23.5. The largest absolute Gasteiger partial charge is 0.497 e. The van der Waals surface area contributed by atoms with E-state index in [4.69, 9.17) is 25.8 Å². The highest BCUT2D eigenvalue weighted by Crippen LogP contribution is 2.17. The first-order chi connectivity index (χ1) is 11.6. The number of rotatable bonds is 8. The zero-order valence-corrected chi connectivity index (χ0v) is 13.9. The van der Waals surface area contributed by atoms with E-state index in [1.807, 2.05) is 0 Å². The van der Waals surface area contributed by atoms with Gasteiger partial charge in [0.2, 0.25) is 0 Å². The van der Waals surface area contributed by atoms with E-state index in [9.17, 15) is 9.59 Å². The molecule has 0 saturated carbocycles. The summed E-state index contributed by atoms with van der Waals surface area (Å²) in [7, 11) is 1.58. The zero-order valence-electron chi connectivity index (χ0n) is 13.2. The average molecular weight is 349 g/mol. The number of ether oxygens (including phenoxy) is 3. The third kappa shape index (κ3) is 5.59. The number of hydrogen-bond donors (Lipinski definition) is 0. The van der Waals surface area contributed by atoms with Gasteiger partial charge in [0.1, 0.15) is 11.5 Å². The molecular weight excluding hydrogens is 332 g/mol. The minimum atomic E-state index is -0.501. The Balaban J connectivity index is 1.70. The fourth-order valence-electron chi connectivity index (χ4n) is 1.89. The first-order valence-corrected chi connectivity index (χ1v) is 7.67. The number of benzene rings is 2. The van der Waals surface area contributed by atoms with Crippen LogP contribution in [0.15, 0.2) is 48.5 Å². The maximum Gasteiger partial charge on any atom is 0.309 e. The Kier molecular flexibility index (Phi) is 6.63. The molecular formula is C18H17ClO5. The number of methoxy groups -OCH3 is 1. The van der Waals surface area contributed by atoms with Gasteiger partial charge in [0, 0.05) is 10.6 Å². The Morgan fingerprint density at radius 2 is 1.75 bits per heavy atom. The molecule has 0 aliphatic heterocycles. The lowest BCUT2D eigenvalue weighted by molar-refractivity contribution is -0.143. The highest BCUT2D eigenvalue weighted by molar-refractivity contribution is 6.31. The first-order valence-electron chi connectivity index (χ1n) is 7.30. The third-order valence-corrected chi connectivity index (χ3v) is 3.38. The van der Waals surface area contributed by atoms with Crippen molar-refractivity contribution in [2.45, 2.75) is 6.42 Å². The molecule has 0 aromatic heterocycles. The number of hydrogen-bond acceptors (Lipinski definition) is 5. The number of Topliss-reactive ketones (excluding diaryl/α,β-unsaturated/α-hetero) is 1. The highest BCUT2D eigenvalue weighted by Gasteiger charge is 2.10. The van der Waals surface area contributed by atoms with Crippen LogP contribution in [0.3, 0.4) is 0 Å². The summed E-state index contributed by atoms with van der Waals surface area (Å²) in [5.74, 6) is 0.542. The molecule has 0 aliphatic carbocycles. The summed E-state index contributed by atoms with van der Waals surface area (Å²) >= 11 is 5.81. The summed E-state index contributed by atoms with van der Waals surface area (Å²) in [6.45, 7) is -0.155. The molecule has 0 unspecified atom stereocenters. The second-order valence-electron chi connectivity index (χ2n) is 4.87. The fourth-order valence-corrected chi connectivity index (χ4v) is 2.08.